The van der Waals surface area contributed by atoms with Crippen molar-refractivity contribution in [3.63, 3.8) is 0 Å². The summed E-state index contributed by atoms with van der Waals surface area (Å²) in [7, 11) is 0. The van der Waals surface area contributed by atoms with Gasteiger partial charge in [0.1, 0.15) is 11.5 Å². The molecule has 0 aromatic carbocycles. The van der Waals surface area contributed by atoms with Gasteiger partial charge in [0.15, 0.2) is 5.76 Å². The van der Waals surface area contributed by atoms with Gasteiger partial charge in [-0.05, 0) is 32.4 Å². The van der Waals surface area contributed by atoms with Crippen molar-refractivity contribution < 1.29 is 13.7 Å². The van der Waals surface area contributed by atoms with Gasteiger partial charge in [-0.25, -0.2) is 4.98 Å². The van der Waals surface area contributed by atoms with Crippen molar-refractivity contribution in [1.82, 2.24) is 19.9 Å². The Balaban J connectivity index is 1.35. The van der Waals surface area contributed by atoms with Crippen LogP contribution < -0.4 is 0 Å². The summed E-state index contributed by atoms with van der Waals surface area (Å²) in [6.07, 6.45) is 1.51. The van der Waals surface area contributed by atoms with Crippen LogP contribution >= 0.6 is 11.3 Å². The van der Waals surface area contributed by atoms with Gasteiger partial charge < -0.3 is 13.8 Å². The Morgan fingerprint density at radius 1 is 1.16 bits per heavy atom. The molecule has 0 aliphatic carbocycles. The standard InChI is InChI=1S/C24H32N4O3S/c1-16-20(17(2)31-26-16)13-19-7-8-21(30-19)22(29)28-10-6-9-27(11-12-28)14-18-15-32-23(25-18)24(3,4)5/h7-8,15H,6,9-14H2,1-5H3. The molecule has 172 valence electrons. The predicted molar refractivity (Wildman–Crippen MR) is 124 cm³/mol. The van der Waals surface area contributed by atoms with E-state index in [9.17, 15) is 4.79 Å². The average Bonchev–Trinajstić information content (AvgIpc) is 3.43. The summed E-state index contributed by atoms with van der Waals surface area (Å²) in [5.74, 6) is 1.89. The Bertz CT molecular complexity index is 1060. The smallest absolute Gasteiger partial charge is 0.289 e. The first-order valence-electron chi connectivity index (χ1n) is 11.2. The van der Waals surface area contributed by atoms with Crippen LogP contribution in [0.3, 0.4) is 0 Å². The van der Waals surface area contributed by atoms with E-state index in [2.05, 4.69) is 36.2 Å². The zero-order chi connectivity index (χ0) is 22.9. The number of nitrogens with zero attached hydrogens (tertiary/aromatic N) is 4. The minimum atomic E-state index is -0.0412. The second-order valence-corrected chi connectivity index (χ2v) is 10.4. The Hall–Kier alpha value is -2.45. The van der Waals surface area contributed by atoms with Crippen LogP contribution in [-0.2, 0) is 18.4 Å². The number of hydrogen-bond donors (Lipinski definition) is 0. The molecule has 7 nitrogen and oxygen atoms in total. The number of thiazole rings is 1. The van der Waals surface area contributed by atoms with E-state index in [-0.39, 0.29) is 11.3 Å². The second kappa shape index (κ2) is 9.19. The fraction of sp³-hybridized carbons (Fsp3) is 0.542. The molecule has 8 heteroatoms. The van der Waals surface area contributed by atoms with E-state index < -0.39 is 0 Å². The van der Waals surface area contributed by atoms with Crippen LogP contribution in [0.25, 0.3) is 0 Å². The molecule has 0 N–H and O–H groups in total. The molecule has 1 fully saturated rings. The number of aryl methyl sites for hydroxylation is 2. The van der Waals surface area contributed by atoms with Crippen LogP contribution in [0, 0.1) is 13.8 Å². The first-order chi connectivity index (χ1) is 15.2. The van der Waals surface area contributed by atoms with Gasteiger partial charge in [0.2, 0.25) is 0 Å². The summed E-state index contributed by atoms with van der Waals surface area (Å²) in [6, 6.07) is 3.65. The van der Waals surface area contributed by atoms with Gasteiger partial charge in [-0.3, -0.25) is 9.69 Å². The molecule has 3 aromatic rings. The normalized spacial score (nSPS) is 15.8. The van der Waals surface area contributed by atoms with Gasteiger partial charge in [0.25, 0.3) is 5.91 Å². The lowest BCUT2D eigenvalue weighted by atomic mass is 9.98. The maximum Gasteiger partial charge on any atom is 0.289 e. The molecular formula is C24H32N4O3S. The number of furan rings is 1. The third-order valence-electron chi connectivity index (χ3n) is 5.86. The van der Waals surface area contributed by atoms with Gasteiger partial charge in [0.05, 0.1) is 16.4 Å². The molecular weight excluding hydrogens is 424 g/mol. The molecule has 0 saturated carbocycles. The highest BCUT2D eigenvalue weighted by atomic mass is 32.1. The van der Waals surface area contributed by atoms with Crippen molar-refractivity contribution in [3.8, 4) is 0 Å². The summed E-state index contributed by atoms with van der Waals surface area (Å²) in [5.41, 5.74) is 3.07. The quantitative estimate of drug-likeness (QED) is 0.559. The monoisotopic (exact) mass is 456 g/mol. The Kier molecular flexibility index (Phi) is 6.53. The van der Waals surface area contributed by atoms with Crippen LogP contribution in [0.1, 0.15) is 71.2 Å². The van der Waals surface area contributed by atoms with Gasteiger partial charge in [0, 0.05) is 55.5 Å². The summed E-state index contributed by atoms with van der Waals surface area (Å²) in [5, 5.41) is 7.32. The lowest BCUT2D eigenvalue weighted by Gasteiger charge is -2.21. The lowest BCUT2D eigenvalue weighted by Crippen LogP contribution is -2.35. The molecule has 0 atom stereocenters. The molecule has 4 rings (SSSR count). The molecule has 1 aliphatic rings. The third kappa shape index (κ3) is 5.13. The molecule has 1 saturated heterocycles. The molecule has 32 heavy (non-hydrogen) atoms. The topological polar surface area (TPSA) is 75.6 Å². The zero-order valence-electron chi connectivity index (χ0n) is 19.6. The number of aromatic nitrogens is 2. The average molecular weight is 457 g/mol. The molecule has 1 amide bonds. The van der Waals surface area contributed by atoms with E-state index in [1.807, 2.05) is 24.8 Å². The fourth-order valence-electron chi connectivity index (χ4n) is 3.96. The Labute approximate surface area is 193 Å². The van der Waals surface area contributed by atoms with Crippen molar-refractivity contribution in [2.24, 2.45) is 0 Å². The summed E-state index contributed by atoms with van der Waals surface area (Å²) < 4.78 is 11.1. The van der Waals surface area contributed by atoms with Crippen molar-refractivity contribution >= 4 is 17.2 Å². The van der Waals surface area contributed by atoms with Crippen LogP contribution in [0.4, 0.5) is 0 Å². The highest BCUT2D eigenvalue weighted by Gasteiger charge is 2.24. The maximum atomic E-state index is 13.1. The highest BCUT2D eigenvalue weighted by molar-refractivity contribution is 7.09. The van der Waals surface area contributed by atoms with Crippen LogP contribution in [-0.4, -0.2) is 52.0 Å². The van der Waals surface area contributed by atoms with E-state index in [0.717, 1.165) is 61.1 Å². The second-order valence-electron chi connectivity index (χ2n) is 9.56. The van der Waals surface area contributed by atoms with Crippen LogP contribution in [0.15, 0.2) is 26.5 Å². The fourth-order valence-corrected chi connectivity index (χ4v) is 4.86. The van der Waals surface area contributed by atoms with Crippen molar-refractivity contribution in [2.45, 2.75) is 59.4 Å². The van der Waals surface area contributed by atoms with Gasteiger partial charge in [-0.15, -0.1) is 11.3 Å². The minimum absolute atomic E-state index is 0.0412. The summed E-state index contributed by atoms with van der Waals surface area (Å²) in [6.45, 7) is 14.4. The molecule has 0 bridgehead atoms. The van der Waals surface area contributed by atoms with Crippen molar-refractivity contribution in [3.05, 3.63) is 56.8 Å². The van der Waals surface area contributed by atoms with E-state index in [1.54, 1.807) is 17.4 Å². The summed E-state index contributed by atoms with van der Waals surface area (Å²) >= 11 is 1.73. The number of carbonyl (C=O) groups is 1. The number of amides is 1. The van der Waals surface area contributed by atoms with E-state index in [4.69, 9.17) is 13.9 Å². The maximum absolute atomic E-state index is 13.1. The van der Waals surface area contributed by atoms with E-state index in [1.165, 1.54) is 5.01 Å². The number of hydrogen-bond acceptors (Lipinski definition) is 7. The Morgan fingerprint density at radius 3 is 2.66 bits per heavy atom. The highest BCUT2D eigenvalue weighted by Crippen LogP contribution is 2.26. The minimum Gasteiger partial charge on any atom is -0.456 e. The number of rotatable bonds is 5. The molecule has 1 aliphatic heterocycles. The van der Waals surface area contributed by atoms with Crippen LogP contribution in [0.5, 0.6) is 0 Å². The lowest BCUT2D eigenvalue weighted by molar-refractivity contribution is 0.0727. The molecule has 0 unspecified atom stereocenters. The van der Waals surface area contributed by atoms with Gasteiger partial charge in [-0.1, -0.05) is 25.9 Å². The number of carbonyl (C=O) groups excluding carboxylic acids is 1. The molecule has 0 radical (unpaired) electrons. The first-order valence-corrected chi connectivity index (χ1v) is 12.1. The first kappa shape index (κ1) is 22.7. The SMILES string of the molecule is Cc1noc(C)c1Cc1ccc(C(=O)N2CCCN(Cc3csc(C(C)(C)C)n3)CC2)o1. The van der Waals surface area contributed by atoms with Crippen LogP contribution in [0.2, 0.25) is 0 Å². The predicted octanol–water partition coefficient (Wildman–Crippen LogP) is 4.58. The molecule has 0 spiro atoms. The van der Waals surface area contributed by atoms with Crippen molar-refractivity contribution in [1.29, 1.82) is 0 Å². The van der Waals surface area contributed by atoms with Crippen molar-refractivity contribution in [2.75, 3.05) is 26.2 Å². The summed E-state index contributed by atoms with van der Waals surface area (Å²) in [4.78, 5) is 22.2. The molecule has 4 heterocycles. The largest absolute Gasteiger partial charge is 0.456 e. The third-order valence-corrected chi connectivity index (χ3v) is 7.18. The zero-order valence-corrected chi connectivity index (χ0v) is 20.4. The van der Waals surface area contributed by atoms with E-state index in [0.29, 0.717) is 18.7 Å². The molecule has 3 aromatic heterocycles. The van der Waals surface area contributed by atoms with Gasteiger partial charge in [-0.2, -0.15) is 0 Å². The van der Waals surface area contributed by atoms with E-state index >= 15 is 0 Å². The Morgan fingerprint density at radius 2 is 1.97 bits per heavy atom. The van der Waals surface area contributed by atoms with Gasteiger partial charge >= 0.3 is 0 Å².